The highest BCUT2D eigenvalue weighted by Crippen LogP contribution is 2.40. The van der Waals surface area contributed by atoms with Crippen LogP contribution in [0.5, 0.6) is 17.2 Å². The molecule has 26 nitrogen and oxygen atoms in total. The number of hydrogen-bond acceptors (Lipinski definition) is 24. The van der Waals surface area contributed by atoms with Crippen LogP contribution in [-0.2, 0) is 33.2 Å². The first-order valence-electron chi connectivity index (χ1n) is 34.3. The number of rotatable bonds is 31. The lowest BCUT2D eigenvalue weighted by molar-refractivity contribution is -0.302. The summed E-state index contributed by atoms with van der Waals surface area (Å²) in [6, 6.07) is 41.4. The summed E-state index contributed by atoms with van der Waals surface area (Å²) in [7, 11) is 0. The number of aliphatic hydroxyl groups is 12. The lowest BCUT2D eigenvalue weighted by Gasteiger charge is -2.39. The maximum Gasteiger partial charge on any atom is 0.186 e. The molecule has 3 aliphatic heterocycles. The molecule has 26 heteroatoms. The molecule has 2 aliphatic carbocycles. The lowest BCUT2D eigenvalue weighted by Crippen LogP contribution is -2.59. The molecule has 5 aliphatic rings. The molecule has 2 saturated carbocycles. The molecule has 6 heterocycles. The van der Waals surface area contributed by atoms with Gasteiger partial charge in [0.1, 0.15) is 85.9 Å². The Morgan fingerprint density at radius 1 is 0.333 bits per heavy atom. The van der Waals surface area contributed by atoms with Crippen molar-refractivity contribution in [2.45, 2.75) is 92.4 Å². The van der Waals surface area contributed by atoms with Crippen LogP contribution in [0.25, 0.3) is 90.9 Å². The number of ether oxygens (including phenoxy) is 10. The summed E-state index contributed by atoms with van der Waals surface area (Å²) in [5, 5.41) is 121. The number of nitrogens with one attached hydrogen (secondary N) is 2. The van der Waals surface area contributed by atoms with Gasteiger partial charge in [0.2, 0.25) is 0 Å². The number of H-pyrrole nitrogens is 2. The summed E-state index contributed by atoms with van der Waals surface area (Å²) in [4.78, 5) is 18.5. The zero-order valence-electron chi connectivity index (χ0n) is 56.0. The van der Waals surface area contributed by atoms with Crippen LogP contribution in [0.2, 0.25) is 0 Å². The second-order valence-electron chi connectivity index (χ2n) is 25.5. The Balaban J connectivity index is 0.817. The number of benzene rings is 4. The molecule has 8 bridgehead atoms. The summed E-state index contributed by atoms with van der Waals surface area (Å²) in [6.07, 6.45) is -7.98. The van der Waals surface area contributed by atoms with E-state index in [1.165, 1.54) is 0 Å². The molecule has 14 N–H and O–H groups in total. The van der Waals surface area contributed by atoms with E-state index in [2.05, 4.69) is 28.2 Å². The molecular weight excluding hydrogens is 1320 g/mol. The smallest absolute Gasteiger partial charge is 0.186 e. The number of fused-ring (bicyclic) bond motifs is 8. The summed E-state index contributed by atoms with van der Waals surface area (Å²) in [6.45, 7) is 0.724. The summed E-state index contributed by atoms with van der Waals surface area (Å²) in [5.74, 6) is 0.540. The van der Waals surface area contributed by atoms with Gasteiger partial charge in [-0.25, -0.2) is 9.97 Å². The number of hydrogen-bond donors (Lipinski definition) is 14. The SMILES string of the molecule is OCC1CC(OCCOCCOc2ccc(-c3c4nc(c(-c5ccccc5)c5ccc([nH]5)c(-c5ccc(OCCOCCOC6OC(CO)C(O)C(O)C6O)cc5)c5nc(c(-c6ccc(OCCOCCOC7CC(CO)C(O)C(O)C7O)cc6)c6ccc3[nH]6)C=C5)C=C4)cc2)C(O)C(O)C1O. The van der Waals surface area contributed by atoms with E-state index in [-0.39, 0.29) is 105 Å². The first kappa shape index (κ1) is 73.9. The van der Waals surface area contributed by atoms with Crippen molar-refractivity contribution in [1.29, 1.82) is 0 Å². The van der Waals surface area contributed by atoms with Crippen molar-refractivity contribution in [3.05, 3.63) is 150 Å². The van der Waals surface area contributed by atoms with Crippen molar-refractivity contribution in [3.63, 3.8) is 0 Å². The number of aliphatic hydroxyl groups excluding tert-OH is 12. The van der Waals surface area contributed by atoms with Crippen molar-refractivity contribution in [2.24, 2.45) is 11.8 Å². The van der Waals surface area contributed by atoms with Gasteiger partial charge >= 0.3 is 0 Å². The monoisotopic (exact) mass is 1410 g/mol. The highest BCUT2D eigenvalue weighted by atomic mass is 16.7. The fourth-order valence-corrected chi connectivity index (χ4v) is 13.3. The fraction of sp³-hybridized carbons (Fsp3) is 0.421. The van der Waals surface area contributed by atoms with Crippen LogP contribution in [0, 0.1) is 11.8 Å². The minimum atomic E-state index is -1.55. The van der Waals surface area contributed by atoms with Gasteiger partial charge in [-0.1, -0.05) is 66.7 Å². The van der Waals surface area contributed by atoms with Crippen LogP contribution in [0.15, 0.2) is 127 Å². The lowest BCUT2D eigenvalue weighted by atomic mass is 9.81. The summed E-state index contributed by atoms with van der Waals surface area (Å²) >= 11 is 0. The molecule has 544 valence electrons. The molecule has 15 atom stereocenters. The fourth-order valence-electron chi connectivity index (χ4n) is 13.3. The van der Waals surface area contributed by atoms with Gasteiger partial charge in [0, 0.05) is 69.4 Å². The van der Waals surface area contributed by atoms with Gasteiger partial charge in [-0.2, -0.15) is 0 Å². The van der Waals surface area contributed by atoms with Gasteiger partial charge < -0.3 is 119 Å². The maximum atomic E-state index is 10.5. The molecule has 0 radical (unpaired) electrons. The van der Waals surface area contributed by atoms with Crippen molar-refractivity contribution in [1.82, 2.24) is 19.9 Å². The standard InChI is InChI=1S/C76H88N4O22/c81-40-47-38-60(69(86)72(89)67(47)84)99-35-29-93-26-32-96-49-12-6-44(7-13-49)64-54-20-18-52(77-54)63(43-4-2-1-3-5-43)53-19-21-55(78-53)65(45-8-16-51(17-9-45)98-34-28-95-31-37-101-76-75(92)74(91)71(88)62(42-83)102-76)57-23-25-59(80-57)66(58-24-22-56(64)79-58)46-10-14-50(15-11-46)97-33-27-94-30-36-100-61-39-48(41-82)68(85)73(90)70(61)87/h1-25,47-48,60-62,67-76,78-79,81-92H,26-42H2. The minimum Gasteiger partial charge on any atom is -0.491 e. The number of nitrogens with zero attached hydrogens (tertiary/aromatic N) is 2. The Labute approximate surface area is 587 Å². The van der Waals surface area contributed by atoms with E-state index in [4.69, 9.17) is 57.3 Å². The normalized spacial score (nSPS) is 25.6. The second kappa shape index (κ2) is 35.1. The third-order valence-corrected chi connectivity index (χ3v) is 18.9. The molecule has 7 aromatic rings. The molecule has 3 aromatic heterocycles. The average molecular weight is 1410 g/mol. The van der Waals surface area contributed by atoms with Gasteiger partial charge in [-0.15, -0.1) is 0 Å². The molecule has 3 fully saturated rings. The molecule has 102 heavy (non-hydrogen) atoms. The van der Waals surface area contributed by atoms with Crippen LogP contribution in [0.1, 0.15) is 35.6 Å². The molecule has 0 spiro atoms. The number of aromatic amines is 2. The largest absolute Gasteiger partial charge is 0.491 e. The topological polar surface area (TPSA) is 392 Å². The van der Waals surface area contributed by atoms with Gasteiger partial charge in [-0.3, -0.25) is 0 Å². The second-order valence-corrected chi connectivity index (χ2v) is 25.5. The van der Waals surface area contributed by atoms with E-state index in [1.807, 2.05) is 133 Å². The zero-order chi connectivity index (χ0) is 71.2. The molecule has 15 unspecified atom stereocenters. The molecule has 4 aromatic carbocycles. The maximum absolute atomic E-state index is 10.5. The van der Waals surface area contributed by atoms with E-state index in [1.54, 1.807) is 0 Å². The van der Waals surface area contributed by atoms with Crippen LogP contribution in [0.3, 0.4) is 0 Å². The molecule has 1 saturated heterocycles. The van der Waals surface area contributed by atoms with Gasteiger partial charge in [-0.05, 0) is 120 Å². The molecule has 0 amide bonds. The highest BCUT2D eigenvalue weighted by Gasteiger charge is 2.46. The average Bonchev–Trinajstić information content (AvgIpc) is 1.61. The van der Waals surface area contributed by atoms with Gasteiger partial charge in [0.15, 0.2) is 6.29 Å². The van der Waals surface area contributed by atoms with Gasteiger partial charge in [0.25, 0.3) is 0 Å². The predicted molar refractivity (Wildman–Crippen MR) is 375 cm³/mol. The predicted octanol–water partition coefficient (Wildman–Crippen LogP) is 4.29. The molecular formula is C76H88N4O22. The van der Waals surface area contributed by atoms with E-state index < -0.39 is 98.0 Å². The summed E-state index contributed by atoms with van der Waals surface area (Å²) in [5.41, 5.74) is 12.6. The van der Waals surface area contributed by atoms with E-state index in [0.717, 1.165) is 72.3 Å². The van der Waals surface area contributed by atoms with E-state index >= 15 is 0 Å². The third-order valence-electron chi connectivity index (χ3n) is 18.9. The van der Waals surface area contributed by atoms with Crippen molar-refractivity contribution >= 4 is 46.4 Å². The Kier molecular flexibility index (Phi) is 25.4. The Morgan fingerprint density at radius 3 is 1.02 bits per heavy atom. The van der Waals surface area contributed by atoms with Gasteiger partial charge in [0.05, 0.1) is 113 Å². The van der Waals surface area contributed by atoms with Crippen LogP contribution in [0.4, 0.5) is 0 Å². The van der Waals surface area contributed by atoms with Crippen LogP contribution < -0.4 is 14.2 Å². The number of aromatic nitrogens is 4. The van der Waals surface area contributed by atoms with Crippen molar-refractivity contribution in [2.75, 3.05) is 99.1 Å². The zero-order valence-corrected chi connectivity index (χ0v) is 56.0. The Hall–Kier alpha value is -7.88. The Bertz CT molecular complexity index is 3980. The summed E-state index contributed by atoms with van der Waals surface area (Å²) < 4.78 is 58.2. The van der Waals surface area contributed by atoms with E-state index in [9.17, 15) is 61.3 Å². The quantitative estimate of drug-likeness (QED) is 0.0270. The highest BCUT2D eigenvalue weighted by molar-refractivity contribution is 6.00. The van der Waals surface area contributed by atoms with E-state index in [0.29, 0.717) is 34.3 Å². The van der Waals surface area contributed by atoms with Crippen LogP contribution in [-0.4, -0.2) is 260 Å². The minimum absolute atomic E-state index is 0.00303. The molecule has 12 rings (SSSR count). The van der Waals surface area contributed by atoms with Crippen molar-refractivity contribution < 1.29 is 109 Å². The Morgan fingerprint density at radius 2 is 0.667 bits per heavy atom. The van der Waals surface area contributed by atoms with Crippen LogP contribution >= 0.6 is 0 Å². The van der Waals surface area contributed by atoms with Crippen molar-refractivity contribution in [3.8, 4) is 61.8 Å². The first-order valence-corrected chi connectivity index (χ1v) is 34.3. The third kappa shape index (κ3) is 17.3. The first-order chi connectivity index (χ1) is 49.7.